The van der Waals surface area contributed by atoms with E-state index in [0.29, 0.717) is 0 Å². The lowest BCUT2D eigenvalue weighted by Gasteiger charge is -2.30. The summed E-state index contributed by atoms with van der Waals surface area (Å²) in [7, 11) is 4.10. The van der Waals surface area contributed by atoms with Gasteiger partial charge in [-0.25, -0.2) is 9.97 Å². The molecule has 0 saturated heterocycles. The standard InChI is InChI=1S/C14H19ClN4/c1-14(2,9-19(3)4)18-12-10-7-5-6-8-11(10)16-13(15)17-12/h5-8H,9H2,1-4H3,(H,16,17,18). The normalized spacial score (nSPS) is 12.1. The number of likely N-dealkylation sites (N-methyl/N-ethyl adjacent to an activating group) is 1. The van der Waals surface area contributed by atoms with Gasteiger partial charge in [0.05, 0.1) is 5.52 Å². The van der Waals surface area contributed by atoms with Gasteiger partial charge in [0.15, 0.2) is 0 Å². The van der Waals surface area contributed by atoms with Crippen LogP contribution in [0.1, 0.15) is 13.8 Å². The Balaban J connectivity index is 2.39. The molecule has 0 aliphatic rings. The predicted octanol–water partition coefficient (Wildman–Crippen LogP) is 3.04. The first-order valence-corrected chi connectivity index (χ1v) is 6.60. The molecule has 1 aromatic heterocycles. The number of benzene rings is 1. The highest BCUT2D eigenvalue weighted by molar-refractivity contribution is 6.28. The fourth-order valence-corrected chi connectivity index (χ4v) is 2.47. The third kappa shape index (κ3) is 3.55. The van der Waals surface area contributed by atoms with Crippen LogP contribution >= 0.6 is 11.6 Å². The number of anilines is 1. The quantitative estimate of drug-likeness (QED) is 0.873. The number of fused-ring (bicyclic) bond motifs is 1. The van der Waals surface area contributed by atoms with Crippen molar-refractivity contribution in [2.75, 3.05) is 26.0 Å². The number of halogens is 1. The SMILES string of the molecule is CN(C)CC(C)(C)Nc1nc(Cl)nc2ccccc12. The zero-order valence-corrected chi connectivity index (χ0v) is 12.5. The molecule has 0 fully saturated rings. The second-order valence-corrected chi connectivity index (χ2v) is 5.94. The first-order valence-electron chi connectivity index (χ1n) is 6.22. The summed E-state index contributed by atoms with van der Waals surface area (Å²) in [6, 6.07) is 7.86. The van der Waals surface area contributed by atoms with E-state index in [-0.39, 0.29) is 10.8 Å². The highest BCUT2D eigenvalue weighted by Crippen LogP contribution is 2.24. The molecule has 0 bridgehead atoms. The number of para-hydroxylation sites is 1. The molecule has 4 nitrogen and oxygen atoms in total. The fourth-order valence-electron chi connectivity index (χ4n) is 2.29. The lowest BCUT2D eigenvalue weighted by atomic mass is 10.0. The molecule has 0 aliphatic carbocycles. The minimum absolute atomic E-state index is 0.107. The summed E-state index contributed by atoms with van der Waals surface area (Å²) >= 11 is 5.99. The molecule has 5 heteroatoms. The van der Waals surface area contributed by atoms with Crippen LogP contribution in [0.3, 0.4) is 0 Å². The van der Waals surface area contributed by atoms with Gasteiger partial charge in [-0.3, -0.25) is 0 Å². The maximum atomic E-state index is 5.99. The summed E-state index contributed by atoms with van der Waals surface area (Å²) in [5.74, 6) is 0.780. The smallest absolute Gasteiger partial charge is 0.224 e. The second-order valence-electron chi connectivity index (χ2n) is 5.61. The Morgan fingerprint density at radius 1 is 1.21 bits per heavy atom. The van der Waals surface area contributed by atoms with Gasteiger partial charge in [-0.1, -0.05) is 12.1 Å². The largest absolute Gasteiger partial charge is 0.363 e. The van der Waals surface area contributed by atoms with Crippen molar-refractivity contribution < 1.29 is 0 Å². The molecule has 0 saturated carbocycles. The van der Waals surface area contributed by atoms with Crippen LogP contribution in [0, 0.1) is 0 Å². The molecule has 19 heavy (non-hydrogen) atoms. The average Bonchev–Trinajstić information content (AvgIpc) is 2.26. The molecule has 0 unspecified atom stereocenters. The Hall–Kier alpha value is -1.39. The molecule has 1 heterocycles. The monoisotopic (exact) mass is 278 g/mol. The van der Waals surface area contributed by atoms with E-state index in [1.807, 2.05) is 24.3 Å². The van der Waals surface area contributed by atoms with Gasteiger partial charge in [-0.15, -0.1) is 0 Å². The van der Waals surface area contributed by atoms with Crippen LogP contribution in [0.2, 0.25) is 5.28 Å². The van der Waals surface area contributed by atoms with Gasteiger partial charge in [0, 0.05) is 17.5 Å². The molecule has 2 rings (SSSR count). The summed E-state index contributed by atoms with van der Waals surface area (Å²) in [5, 5.41) is 4.71. The summed E-state index contributed by atoms with van der Waals surface area (Å²) < 4.78 is 0. The van der Waals surface area contributed by atoms with Crippen LogP contribution in [0.5, 0.6) is 0 Å². The van der Waals surface area contributed by atoms with E-state index in [2.05, 4.69) is 48.1 Å². The zero-order chi connectivity index (χ0) is 14.0. The van der Waals surface area contributed by atoms with Crippen molar-refractivity contribution in [1.82, 2.24) is 14.9 Å². The molecule has 0 aliphatic heterocycles. The average molecular weight is 279 g/mol. The second kappa shape index (κ2) is 5.31. The van der Waals surface area contributed by atoms with Crippen molar-refractivity contribution in [3.05, 3.63) is 29.5 Å². The molecule has 102 valence electrons. The number of nitrogens with zero attached hydrogens (tertiary/aromatic N) is 3. The highest BCUT2D eigenvalue weighted by atomic mass is 35.5. The van der Waals surface area contributed by atoms with Crippen molar-refractivity contribution in [3.8, 4) is 0 Å². The van der Waals surface area contributed by atoms with Crippen molar-refractivity contribution in [3.63, 3.8) is 0 Å². The maximum absolute atomic E-state index is 5.99. The topological polar surface area (TPSA) is 41.0 Å². The Bertz CT molecular complexity index is 581. The van der Waals surface area contributed by atoms with Crippen LogP contribution < -0.4 is 5.32 Å². The minimum Gasteiger partial charge on any atom is -0.363 e. The van der Waals surface area contributed by atoms with E-state index >= 15 is 0 Å². The Labute approximate surface area is 118 Å². The molecule has 0 amide bonds. The van der Waals surface area contributed by atoms with Gasteiger partial charge in [0.1, 0.15) is 5.82 Å². The number of rotatable bonds is 4. The van der Waals surface area contributed by atoms with E-state index in [1.54, 1.807) is 0 Å². The lowest BCUT2D eigenvalue weighted by molar-refractivity contribution is 0.334. The number of aromatic nitrogens is 2. The molecule has 0 atom stereocenters. The van der Waals surface area contributed by atoms with E-state index in [9.17, 15) is 0 Å². The van der Waals surface area contributed by atoms with Crippen LogP contribution in [-0.4, -0.2) is 41.0 Å². The zero-order valence-electron chi connectivity index (χ0n) is 11.7. The lowest BCUT2D eigenvalue weighted by Crippen LogP contribution is -2.41. The predicted molar refractivity (Wildman–Crippen MR) is 80.8 cm³/mol. The van der Waals surface area contributed by atoms with Gasteiger partial charge in [0.2, 0.25) is 5.28 Å². The van der Waals surface area contributed by atoms with Crippen LogP contribution in [-0.2, 0) is 0 Å². The Morgan fingerprint density at radius 2 is 1.89 bits per heavy atom. The summed E-state index contributed by atoms with van der Waals surface area (Å²) in [6.07, 6.45) is 0. The van der Waals surface area contributed by atoms with Crippen LogP contribution in [0.4, 0.5) is 5.82 Å². The van der Waals surface area contributed by atoms with Gasteiger partial charge in [-0.05, 0) is 51.7 Å². The van der Waals surface area contributed by atoms with Crippen molar-refractivity contribution in [2.45, 2.75) is 19.4 Å². The fraction of sp³-hybridized carbons (Fsp3) is 0.429. The van der Waals surface area contributed by atoms with Gasteiger partial charge < -0.3 is 10.2 Å². The first kappa shape index (κ1) is 14.0. The summed E-state index contributed by atoms with van der Waals surface area (Å²) in [6.45, 7) is 5.17. The number of hydrogen-bond acceptors (Lipinski definition) is 4. The molecular formula is C14H19ClN4. The van der Waals surface area contributed by atoms with Gasteiger partial charge in [-0.2, -0.15) is 0 Å². The van der Waals surface area contributed by atoms with Crippen molar-refractivity contribution >= 4 is 28.3 Å². The van der Waals surface area contributed by atoms with Crippen molar-refractivity contribution in [1.29, 1.82) is 0 Å². The molecule has 1 N–H and O–H groups in total. The van der Waals surface area contributed by atoms with E-state index in [0.717, 1.165) is 23.3 Å². The maximum Gasteiger partial charge on any atom is 0.224 e. The van der Waals surface area contributed by atoms with E-state index < -0.39 is 0 Å². The summed E-state index contributed by atoms with van der Waals surface area (Å²) in [4.78, 5) is 10.7. The highest BCUT2D eigenvalue weighted by Gasteiger charge is 2.20. The van der Waals surface area contributed by atoms with Gasteiger partial charge >= 0.3 is 0 Å². The molecule has 0 spiro atoms. The summed E-state index contributed by atoms with van der Waals surface area (Å²) in [5.41, 5.74) is 0.745. The molecular weight excluding hydrogens is 260 g/mol. The van der Waals surface area contributed by atoms with E-state index in [1.165, 1.54) is 0 Å². The van der Waals surface area contributed by atoms with Crippen molar-refractivity contribution in [2.24, 2.45) is 0 Å². The number of nitrogens with one attached hydrogen (secondary N) is 1. The third-order valence-electron chi connectivity index (χ3n) is 2.74. The first-order chi connectivity index (χ1) is 8.87. The van der Waals surface area contributed by atoms with Gasteiger partial charge in [0.25, 0.3) is 0 Å². The number of hydrogen-bond donors (Lipinski definition) is 1. The molecule has 1 aromatic carbocycles. The Morgan fingerprint density at radius 3 is 2.58 bits per heavy atom. The third-order valence-corrected chi connectivity index (χ3v) is 2.91. The van der Waals surface area contributed by atoms with E-state index in [4.69, 9.17) is 11.6 Å². The minimum atomic E-state index is -0.107. The molecule has 0 radical (unpaired) electrons. The van der Waals surface area contributed by atoms with Crippen LogP contribution in [0.25, 0.3) is 10.9 Å². The molecule has 2 aromatic rings. The Kier molecular flexibility index (Phi) is 3.92. The van der Waals surface area contributed by atoms with Crippen LogP contribution in [0.15, 0.2) is 24.3 Å².